The molecular weight excluding hydrogens is 339 g/mol. The van der Waals surface area contributed by atoms with Gasteiger partial charge in [0.25, 0.3) is 5.91 Å². The topological polar surface area (TPSA) is 58.2 Å². The van der Waals surface area contributed by atoms with Gasteiger partial charge in [-0.3, -0.25) is 20.4 Å². The van der Waals surface area contributed by atoms with E-state index in [1.54, 1.807) is 0 Å². The molecule has 0 unspecified atom stereocenters. The van der Waals surface area contributed by atoms with Gasteiger partial charge in [-0.05, 0) is 37.3 Å². The van der Waals surface area contributed by atoms with Gasteiger partial charge < -0.3 is 0 Å². The first-order valence-electron chi connectivity index (χ1n) is 6.69. The van der Waals surface area contributed by atoms with Crippen molar-refractivity contribution in [1.29, 1.82) is 0 Å². The molecule has 0 saturated carbocycles. The predicted octanol–water partition coefficient (Wildman–Crippen LogP) is 3.34. The number of thioether (sulfide) groups is 1. The van der Waals surface area contributed by atoms with Crippen molar-refractivity contribution < 1.29 is 14.0 Å². The van der Waals surface area contributed by atoms with Crippen LogP contribution in [-0.4, -0.2) is 17.6 Å². The number of aryl methyl sites for hydroxylation is 1. The minimum Gasteiger partial charge on any atom is -0.272 e. The van der Waals surface area contributed by atoms with Crippen molar-refractivity contribution in [3.8, 4) is 0 Å². The van der Waals surface area contributed by atoms with E-state index in [0.29, 0.717) is 0 Å². The molecule has 0 spiro atoms. The summed E-state index contributed by atoms with van der Waals surface area (Å²) >= 11 is 6.95. The van der Waals surface area contributed by atoms with Gasteiger partial charge in [0, 0.05) is 9.92 Å². The average molecular weight is 353 g/mol. The van der Waals surface area contributed by atoms with Gasteiger partial charge in [0.2, 0.25) is 5.91 Å². The zero-order valence-corrected chi connectivity index (χ0v) is 13.8. The summed E-state index contributed by atoms with van der Waals surface area (Å²) in [6, 6.07) is 11.4. The van der Waals surface area contributed by atoms with Crippen LogP contribution in [0.5, 0.6) is 0 Å². The van der Waals surface area contributed by atoms with Gasteiger partial charge >= 0.3 is 0 Å². The fourth-order valence-electron chi connectivity index (χ4n) is 1.69. The lowest BCUT2D eigenvalue weighted by atomic mass is 10.2. The van der Waals surface area contributed by atoms with Gasteiger partial charge in [-0.15, -0.1) is 11.8 Å². The zero-order valence-electron chi connectivity index (χ0n) is 12.2. The molecule has 2 amide bonds. The molecule has 0 atom stereocenters. The number of hydrogen-bond acceptors (Lipinski definition) is 3. The molecular formula is C16H14ClFN2O2S. The fourth-order valence-corrected chi connectivity index (χ4v) is 2.54. The Morgan fingerprint density at radius 3 is 2.48 bits per heavy atom. The first-order valence-corrected chi connectivity index (χ1v) is 8.06. The van der Waals surface area contributed by atoms with E-state index in [4.69, 9.17) is 11.6 Å². The van der Waals surface area contributed by atoms with E-state index in [9.17, 15) is 14.0 Å². The Hall–Kier alpha value is -2.05. The largest absolute Gasteiger partial charge is 0.272 e. The number of halogens is 2. The highest BCUT2D eigenvalue weighted by atomic mass is 35.5. The summed E-state index contributed by atoms with van der Waals surface area (Å²) in [4.78, 5) is 24.4. The summed E-state index contributed by atoms with van der Waals surface area (Å²) < 4.78 is 13.6. The van der Waals surface area contributed by atoms with Gasteiger partial charge in [-0.1, -0.05) is 29.3 Å². The molecule has 0 fully saturated rings. The van der Waals surface area contributed by atoms with Gasteiger partial charge in [0.15, 0.2) is 0 Å². The highest BCUT2D eigenvalue weighted by molar-refractivity contribution is 8.00. The molecule has 2 aromatic rings. The van der Waals surface area contributed by atoms with Gasteiger partial charge in [0.05, 0.1) is 11.3 Å². The normalized spacial score (nSPS) is 10.2. The number of hydrazine groups is 1. The lowest BCUT2D eigenvalue weighted by Crippen LogP contribution is -2.42. The van der Waals surface area contributed by atoms with E-state index in [1.165, 1.54) is 23.9 Å². The molecule has 2 N–H and O–H groups in total. The molecule has 0 saturated heterocycles. The molecule has 7 heteroatoms. The average Bonchev–Trinajstić information content (AvgIpc) is 2.52. The smallest absolute Gasteiger partial charge is 0.272 e. The molecule has 0 radical (unpaired) electrons. The summed E-state index contributed by atoms with van der Waals surface area (Å²) in [5, 5.41) is 0.192. The SMILES string of the molecule is Cc1ccc(SCC(=O)NNC(=O)c2ccc(Cl)cc2F)cc1. The number of nitrogens with one attached hydrogen (secondary N) is 2. The number of benzene rings is 2. The first-order chi connectivity index (χ1) is 11.0. The summed E-state index contributed by atoms with van der Waals surface area (Å²) in [5.74, 6) is -1.75. The van der Waals surface area contributed by atoms with Gasteiger partial charge in [-0.25, -0.2) is 4.39 Å². The Bertz CT molecular complexity index is 723. The molecule has 23 heavy (non-hydrogen) atoms. The third-order valence-electron chi connectivity index (χ3n) is 2.88. The lowest BCUT2D eigenvalue weighted by Gasteiger charge is -2.08. The Morgan fingerprint density at radius 1 is 1.13 bits per heavy atom. The van der Waals surface area contributed by atoms with E-state index in [1.807, 2.05) is 31.2 Å². The molecule has 0 bridgehead atoms. The van der Waals surface area contributed by atoms with E-state index >= 15 is 0 Å². The standard InChI is InChI=1S/C16H14ClFN2O2S/c1-10-2-5-12(6-3-10)23-9-15(21)19-20-16(22)13-7-4-11(17)8-14(13)18/h2-8H,9H2,1H3,(H,19,21)(H,20,22). The number of rotatable bonds is 4. The summed E-state index contributed by atoms with van der Waals surface area (Å²) in [6.07, 6.45) is 0. The highest BCUT2D eigenvalue weighted by Gasteiger charge is 2.12. The van der Waals surface area contributed by atoms with E-state index in [-0.39, 0.29) is 16.3 Å². The van der Waals surface area contributed by atoms with Crippen LogP contribution in [0.25, 0.3) is 0 Å². The second kappa shape index (κ2) is 7.99. The van der Waals surface area contributed by atoms with Crippen molar-refractivity contribution >= 4 is 35.2 Å². The minimum absolute atomic E-state index is 0.131. The molecule has 2 rings (SSSR count). The summed E-state index contributed by atoms with van der Waals surface area (Å²) in [5.41, 5.74) is 5.36. The van der Waals surface area contributed by atoms with Crippen molar-refractivity contribution in [1.82, 2.24) is 10.9 Å². The van der Waals surface area contributed by atoms with Crippen molar-refractivity contribution in [2.75, 3.05) is 5.75 Å². The first kappa shape index (κ1) is 17.3. The maximum absolute atomic E-state index is 13.6. The van der Waals surface area contributed by atoms with Gasteiger partial charge in [0.1, 0.15) is 5.82 Å². The summed E-state index contributed by atoms with van der Waals surface area (Å²) in [6.45, 7) is 1.98. The van der Waals surface area contributed by atoms with Crippen molar-refractivity contribution in [3.63, 3.8) is 0 Å². The van der Waals surface area contributed by atoms with E-state index in [2.05, 4.69) is 10.9 Å². The predicted molar refractivity (Wildman–Crippen MR) is 88.9 cm³/mol. The third kappa shape index (κ3) is 5.26. The summed E-state index contributed by atoms with van der Waals surface area (Å²) in [7, 11) is 0. The molecule has 0 aliphatic heterocycles. The number of carbonyl (C=O) groups is 2. The molecule has 0 heterocycles. The second-order valence-corrected chi connectivity index (χ2v) is 6.21. The van der Waals surface area contributed by atoms with E-state index < -0.39 is 17.6 Å². The number of carbonyl (C=O) groups excluding carboxylic acids is 2. The fraction of sp³-hybridized carbons (Fsp3) is 0.125. The molecule has 0 aliphatic rings. The van der Waals surface area contributed by atoms with Crippen LogP contribution in [0.2, 0.25) is 5.02 Å². The number of hydrogen-bond donors (Lipinski definition) is 2. The van der Waals surface area contributed by atoms with Gasteiger partial charge in [-0.2, -0.15) is 0 Å². The Labute approximate surface area is 142 Å². The highest BCUT2D eigenvalue weighted by Crippen LogP contribution is 2.17. The molecule has 0 aliphatic carbocycles. The molecule has 2 aromatic carbocycles. The Morgan fingerprint density at radius 2 is 1.83 bits per heavy atom. The Kier molecular flexibility index (Phi) is 6.01. The van der Waals surface area contributed by atoms with Crippen molar-refractivity contribution in [3.05, 3.63) is 64.4 Å². The quantitative estimate of drug-likeness (QED) is 0.655. The number of amides is 2. The van der Waals surface area contributed by atoms with Crippen LogP contribution in [0.3, 0.4) is 0 Å². The Balaban J connectivity index is 1.81. The lowest BCUT2D eigenvalue weighted by molar-refractivity contribution is -0.119. The second-order valence-electron chi connectivity index (χ2n) is 4.73. The van der Waals surface area contributed by atoms with Crippen LogP contribution in [-0.2, 0) is 4.79 Å². The van der Waals surface area contributed by atoms with Crippen molar-refractivity contribution in [2.45, 2.75) is 11.8 Å². The maximum Gasteiger partial charge on any atom is 0.272 e. The van der Waals surface area contributed by atoms with Crippen LogP contribution in [0, 0.1) is 12.7 Å². The maximum atomic E-state index is 13.6. The molecule has 4 nitrogen and oxygen atoms in total. The van der Waals surface area contributed by atoms with E-state index in [0.717, 1.165) is 16.5 Å². The molecule has 0 aromatic heterocycles. The van der Waals surface area contributed by atoms with Crippen LogP contribution in [0.4, 0.5) is 4.39 Å². The van der Waals surface area contributed by atoms with Crippen LogP contribution in [0.1, 0.15) is 15.9 Å². The van der Waals surface area contributed by atoms with Crippen LogP contribution >= 0.6 is 23.4 Å². The third-order valence-corrected chi connectivity index (χ3v) is 4.13. The monoisotopic (exact) mass is 352 g/mol. The van der Waals surface area contributed by atoms with Crippen LogP contribution < -0.4 is 10.9 Å². The van der Waals surface area contributed by atoms with Crippen LogP contribution in [0.15, 0.2) is 47.4 Å². The zero-order chi connectivity index (χ0) is 16.8. The van der Waals surface area contributed by atoms with Crippen molar-refractivity contribution in [2.24, 2.45) is 0 Å². The molecule has 120 valence electrons. The minimum atomic E-state index is -0.752.